The Morgan fingerprint density at radius 1 is 1.14 bits per heavy atom. The molecule has 7 heteroatoms. The highest BCUT2D eigenvalue weighted by Gasteiger charge is 2.13. The third-order valence-electron chi connectivity index (χ3n) is 2.93. The van der Waals surface area contributed by atoms with Gasteiger partial charge in [0.1, 0.15) is 0 Å². The summed E-state index contributed by atoms with van der Waals surface area (Å²) in [6.45, 7) is 0. The monoisotopic (exact) mass is 300 g/mol. The Bertz CT molecular complexity index is 816. The van der Waals surface area contributed by atoms with Crippen molar-refractivity contribution in [2.75, 3.05) is 0 Å². The summed E-state index contributed by atoms with van der Waals surface area (Å²) in [5.41, 5.74) is 1.29. The van der Waals surface area contributed by atoms with Gasteiger partial charge in [-0.05, 0) is 12.1 Å². The van der Waals surface area contributed by atoms with E-state index in [-0.39, 0.29) is 5.69 Å². The number of hydrogen-bond donors (Lipinski definition) is 1. The normalized spacial score (nSPS) is 10.5. The fraction of sp³-hybridized carbons (Fsp3) is 0. The highest BCUT2D eigenvalue weighted by molar-refractivity contribution is 6.33. The maximum Gasteiger partial charge on any atom is 0.270 e. The fourth-order valence-corrected chi connectivity index (χ4v) is 2.15. The standard InChI is InChI=1S/C14H9ClN4O2/c15-12-7-2-1-6-11(12)14-16-13(17-18-14)9-4-3-5-10(8-9)19(20)21/h1-8H,(H,16,17,18). The maximum absolute atomic E-state index is 10.8. The summed E-state index contributed by atoms with van der Waals surface area (Å²) in [6.07, 6.45) is 0. The van der Waals surface area contributed by atoms with E-state index in [1.165, 1.54) is 12.1 Å². The van der Waals surface area contributed by atoms with Gasteiger partial charge in [-0.15, -0.1) is 0 Å². The van der Waals surface area contributed by atoms with Crippen molar-refractivity contribution < 1.29 is 4.92 Å². The van der Waals surface area contributed by atoms with Crippen molar-refractivity contribution in [3.05, 3.63) is 63.7 Å². The maximum atomic E-state index is 10.8. The molecule has 0 bridgehead atoms. The second-order valence-corrected chi connectivity index (χ2v) is 4.70. The van der Waals surface area contributed by atoms with Crippen molar-refractivity contribution >= 4 is 17.3 Å². The largest absolute Gasteiger partial charge is 0.270 e. The van der Waals surface area contributed by atoms with Crippen molar-refractivity contribution in [1.29, 1.82) is 0 Å². The number of nitro benzene ring substituents is 1. The van der Waals surface area contributed by atoms with E-state index in [1.54, 1.807) is 18.2 Å². The van der Waals surface area contributed by atoms with E-state index < -0.39 is 4.92 Å². The number of nitrogens with zero attached hydrogens (tertiary/aromatic N) is 3. The first-order valence-corrected chi connectivity index (χ1v) is 6.45. The average Bonchev–Trinajstić information content (AvgIpc) is 2.97. The second-order valence-electron chi connectivity index (χ2n) is 4.29. The van der Waals surface area contributed by atoms with Crippen molar-refractivity contribution in [3.8, 4) is 22.8 Å². The van der Waals surface area contributed by atoms with E-state index in [0.29, 0.717) is 22.2 Å². The molecule has 0 aliphatic carbocycles. The van der Waals surface area contributed by atoms with E-state index in [0.717, 1.165) is 5.56 Å². The summed E-state index contributed by atoms with van der Waals surface area (Å²) >= 11 is 6.10. The molecule has 1 heterocycles. The molecule has 0 spiro atoms. The molecule has 0 unspecified atom stereocenters. The van der Waals surface area contributed by atoms with Gasteiger partial charge in [-0.3, -0.25) is 15.2 Å². The Balaban J connectivity index is 2.01. The van der Waals surface area contributed by atoms with Gasteiger partial charge in [-0.1, -0.05) is 35.9 Å². The van der Waals surface area contributed by atoms with Gasteiger partial charge in [0.2, 0.25) is 0 Å². The minimum absolute atomic E-state index is 0.00315. The van der Waals surface area contributed by atoms with Gasteiger partial charge in [-0.25, -0.2) is 4.98 Å². The molecule has 3 rings (SSSR count). The number of halogens is 1. The number of H-pyrrole nitrogens is 1. The molecule has 3 aromatic rings. The molecule has 2 aromatic carbocycles. The van der Waals surface area contributed by atoms with Gasteiger partial charge in [0.05, 0.1) is 9.95 Å². The van der Waals surface area contributed by atoms with E-state index in [1.807, 2.05) is 18.2 Å². The van der Waals surface area contributed by atoms with Crippen LogP contribution in [0, 0.1) is 10.1 Å². The summed E-state index contributed by atoms with van der Waals surface area (Å²) in [5, 5.41) is 18.2. The highest BCUT2D eigenvalue weighted by Crippen LogP contribution is 2.27. The second kappa shape index (κ2) is 5.34. The summed E-state index contributed by atoms with van der Waals surface area (Å²) in [7, 11) is 0. The van der Waals surface area contributed by atoms with Crippen LogP contribution in [0.1, 0.15) is 0 Å². The molecule has 0 atom stereocenters. The molecule has 0 saturated carbocycles. The predicted octanol–water partition coefficient (Wildman–Crippen LogP) is 3.70. The van der Waals surface area contributed by atoms with Crippen LogP contribution >= 0.6 is 11.6 Å². The van der Waals surface area contributed by atoms with Crippen LogP contribution in [0.15, 0.2) is 48.5 Å². The molecule has 1 N–H and O–H groups in total. The van der Waals surface area contributed by atoms with Crippen LogP contribution in [-0.4, -0.2) is 20.1 Å². The zero-order valence-electron chi connectivity index (χ0n) is 10.7. The third-order valence-corrected chi connectivity index (χ3v) is 3.26. The molecule has 21 heavy (non-hydrogen) atoms. The minimum atomic E-state index is -0.453. The van der Waals surface area contributed by atoms with Gasteiger partial charge < -0.3 is 0 Å². The summed E-state index contributed by atoms with van der Waals surface area (Å²) in [4.78, 5) is 14.7. The quantitative estimate of drug-likeness (QED) is 0.590. The third kappa shape index (κ3) is 2.61. The smallest absolute Gasteiger partial charge is 0.259 e. The predicted molar refractivity (Wildman–Crippen MR) is 78.9 cm³/mol. The number of aromatic nitrogens is 3. The van der Waals surface area contributed by atoms with Gasteiger partial charge in [-0.2, -0.15) is 5.10 Å². The topological polar surface area (TPSA) is 84.7 Å². The van der Waals surface area contributed by atoms with Gasteiger partial charge in [0, 0.05) is 23.3 Å². The van der Waals surface area contributed by atoms with Crippen LogP contribution < -0.4 is 0 Å². The molecule has 0 aliphatic rings. The first-order chi connectivity index (χ1) is 10.1. The molecular formula is C14H9ClN4O2. The number of nitro groups is 1. The van der Waals surface area contributed by atoms with Crippen LogP contribution in [0.5, 0.6) is 0 Å². The van der Waals surface area contributed by atoms with Crippen molar-refractivity contribution in [2.45, 2.75) is 0 Å². The number of hydrogen-bond acceptors (Lipinski definition) is 4. The highest BCUT2D eigenvalue weighted by atomic mass is 35.5. The van der Waals surface area contributed by atoms with E-state index in [9.17, 15) is 10.1 Å². The summed E-state index contributed by atoms with van der Waals surface area (Å²) in [6, 6.07) is 13.4. The Morgan fingerprint density at radius 2 is 1.95 bits per heavy atom. The van der Waals surface area contributed by atoms with Crippen LogP contribution in [-0.2, 0) is 0 Å². The molecule has 0 saturated heterocycles. The number of nitrogens with one attached hydrogen (secondary N) is 1. The zero-order chi connectivity index (χ0) is 14.8. The van der Waals surface area contributed by atoms with Crippen LogP contribution in [0.4, 0.5) is 5.69 Å². The Hall–Kier alpha value is -2.73. The van der Waals surface area contributed by atoms with Gasteiger partial charge in [0.25, 0.3) is 5.69 Å². The van der Waals surface area contributed by atoms with Crippen LogP contribution in [0.2, 0.25) is 5.02 Å². The van der Waals surface area contributed by atoms with E-state index in [2.05, 4.69) is 15.2 Å². The lowest BCUT2D eigenvalue weighted by Crippen LogP contribution is -1.88. The Labute approximate surface area is 124 Å². The Kier molecular flexibility index (Phi) is 3.37. The van der Waals surface area contributed by atoms with Crippen molar-refractivity contribution in [3.63, 3.8) is 0 Å². The number of non-ortho nitro benzene ring substituents is 1. The van der Waals surface area contributed by atoms with Gasteiger partial charge in [0.15, 0.2) is 11.6 Å². The van der Waals surface area contributed by atoms with Crippen molar-refractivity contribution in [1.82, 2.24) is 15.2 Å². The number of rotatable bonds is 3. The van der Waals surface area contributed by atoms with E-state index in [4.69, 9.17) is 11.6 Å². The van der Waals surface area contributed by atoms with Gasteiger partial charge >= 0.3 is 0 Å². The first kappa shape index (κ1) is 13.3. The number of benzene rings is 2. The molecule has 0 fully saturated rings. The number of aromatic amines is 1. The molecule has 104 valence electrons. The Morgan fingerprint density at radius 3 is 2.71 bits per heavy atom. The molecule has 0 amide bonds. The lowest BCUT2D eigenvalue weighted by molar-refractivity contribution is -0.384. The molecular weight excluding hydrogens is 292 g/mol. The summed E-state index contributed by atoms with van der Waals surface area (Å²) in [5.74, 6) is 0.899. The lowest BCUT2D eigenvalue weighted by atomic mass is 10.2. The van der Waals surface area contributed by atoms with Crippen LogP contribution in [0.25, 0.3) is 22.8 Å². The van der Waals surface area contributed by atoms with E-state index >= 15 is 0 Å². The summed E-state index contributed by atoms with van der Waals surface area (Å²) < 4.78 is 0. The SMILES string of the molecule is O=[N+]([O-])c1cccc(-c2n[nH]c(-c3ccccc3Cl)n2)c1. The molecule has 0 aliphatic heterocycles. The first-order valence-electron chi connectivity index (χ1n) is 6.07. The molecule has 0 radical (unpaired) electrons. The van der Waals surface area contributed by atoms with Crippen LogP contribution in [0.3, 0.4) is 0 Å². The average molecular weight is 301 g/mol. The molecule has 6 nitrogen and oxygen atoms in total. The fourth-order valence-electron chi connectivity index (χ4n) is 1.92. The van der Waals surface area contributed by atoms with Crippen molar-refractivity contribution in [2.24, 2.45) is 0 Å². The minimum Gasteiger partial charge on any atom is -0.259 e. The molecule has 1 aromatic heterocycles. The lowest BCUT2D eigenvalue weighted by Gasteiger charge is -1.98. The zero-order valence-corrected chi connectivity index (χ0v) is 11.4.